The molecule has 6 nitrogen and oxygen atoms in total. The molecule has 0 fully saturated rings. The first-order chi connectivity index (χ1) is 14.4. The monoisotopic (exact) mass is 412 g/mol. The molecule has 0 amide bonds. The van der Waals surface area contributed by atoms with Crippen LogP contribution in [0.2, 0.25) is 0 Å². The number of allylic oxidation sites excluding steroid dienone is 1. The van der Waals surface area contributed by atoms with Crippen LogP contribution in [-0.4, -0.2) is 40.0 Å². The first-order valence-corrected chi connectivity index (χ1v) is 9.62. The second kappa shape index (κ2) is 10.5. The van der Waals surface area contributed by atoms with Crippen LogP contribution >= 0.6 is 0 Å². The molecule has 0 atom stereocenters. The van der Waals surface area contributed by atoms with E-state index in [1.807, 2.05) is 6.92 Å². The van der Waals surface area contributed by atoms with Gasteiger partial charge in [-0.2, -0.15) is 0 Å². The van der Waals surface area contributed by atoms with Crippen molar-refractivity contribution in [1.29, 1.82) is 0 Å². The van der Waals surface area contributed by atoms with Gasteiger partial charge < -0.3 is 18.9 Å². The van der Waals surface area contributed by atoms with Crippen molar-refractivity contribution in [2.75, 3.05) is 28.4 Å². The number of hydrogen-bond donors (Lipinski definition) is 0. The maximum Gasteiger partial charge on any atom is 0.193 e. The molecular weight excluding hydrogens is 384 g/mol. The van der Waals surface area contributed by atoms with Crippen LogP contribution in [0.3, 0.4) is 0 Å². The lowest BCUT2D eigenvalue weighted by molar-refractivity contribution is -0.118. The molecule has 0 unspecified atom stereocenters. The number of hydrogen-bond acceptors (Lipinski definition) is 6. The van der Waals surface area contributed by atoms with Crippen molar-refractivity contribution in [1.82, 2.24) is 0 Å². The van der Waals surface area contributed by atoms with Crippen molar-refractivity contribution in [3.63, 3.8) is 0 Å². The summed E-state index contributed by atoms with van der Waals surface area (Å²) >= 11 is 0. The molecule has 0 saturated heterocycles. The molecule has 0 radical (unpaired) electrons. The quantitative estimate of drug-likeness (QED) is 0.497. The second-order valence-corrected chi connectivity index (χ2v) is 6.72. The van der Waals surface area contributed by atoms with Gasteiger partial charge in [0.05, 0.1) is 28.4 Å². The van der Waals surface area contributed by atoms with Gasteiger partial charge in [0, 0.05) is 24.0 Å². The van der Waals surface area contributed by atoms with Crippen LogP contribution in [-0.2, 0) is 4.79 Å². The van der Waals surface area contributed by atoms with Gasteiger partial charge in [0.1, 0.15) is 5.78 Å². The third-order valence-corrected chi connectivity index (χ3v) is 4.73. The van der Waals surface area contributed by atoms with Crippen molar-refractivity contribution in [3.05, 3.63) is 53.6 Å². The fourth-order valence-corrected chi connectivity index (χ4v) is 3.19. The van der Waals surface area contributed by atoms with E-state index in [9.17, 15) is 9.59 Å². The molecule has 0 aliphatic carbocycles. The lowest BCUT2D eigenvalue weighted by Gasteiger charge is -2.16. The summed E-state index contributed by atoms with van der Waals surface area (Å²) in [4.78, 5) is 25.6. The maximum atomic E-state index is 13.4. The SMILES string of the molecule is C=C(CC(=O)CCC)c1cc(OC)c(OC)cc1C(=O)c1ccc(OC)c(OC)c1. The fourth-order valence-electron chi connectivity index (χ4n) is 3.19. The Kier molecular flexibility index (Phi) is 8.04. The Hall–Kier alpha value is -3.28. The molecule has 0 N–H and O–H groups in total. The topological polar surface area (TPSA) is 71.1 Å². The van der Waals surface area contributed by atoms with Crippen LogP contribution in [0, 0.1) is 0 Å². The summed E-state index contributed by atoms with van der Waals surface area (Å²) in [5, 5.41) is 0. The first kappa shape index (κ1) is 23.0. The minimum Gasteiger partial charge on any atom is -0.493 e. The highest BCUT2D eigenvalue weighted by atomic mass is 16.5. The van der Waals surface area contributed by atoms with E-state index >= 15 is 0 Å². The van der Waals surface area contributed by atoms with Gasteiger partial charge in [-0.15, -0.1) is 0 Å². The number of ketones is 2. The number of rotatable bonds is 11. The number of ether oxygens (including phenoxy) is 4. The molecule has 160 valence electrons. The highest BCUT2D eigenvalue weighted by molar-refractivity contribution is 6.13. The molecule has 0 aliphatic rings. The molecule has 2 rings (SSSR count). The van der Waals surface area contributed by atoms with Crippen molar-refractivity contribution in [2.24, 2.45) is 0 Å². The number of Topliss-reactive ketones (excluding diaryl/α,β-unsaturated/α-hetero) is 1. The Morgan fingerprint density at radius 3 is 1.87 bits per heavy atom. The Labute approximate surface area is 177 Å². The summed E-state index contributed by atoms with van der Waals surface area (Å²) in [6, 6.07) is 8.25. The number of carbonyl (C=O) groups is 2. The lowest BCUT2D eigenvalue weighted by Crippen LogP contribution is -2.09. The van der Waals surface area contributed by atoms with Crippen LogP contribution in [0.1, 0.15) is 47.7 Å². The van der Waals surface area contributed by atoms with Gasteiger partial charge in [0.25, 0.3) is 0 Å². The van der Waals surface area contributed by atoms with Crippen molar-refractivity contribution in [3.8, 4) is 23.0 Å². The summed E-state index contributed by atoms with van der Waals surface area (Å²) in [6.45, 7) is 6.01. The molecule has 6 heteroatoms. The van der Waals surface area contributed by atoms with E-state index < -0.39 is 0 Å². The lowest BCUT2D eigenvalue weighted by atomic mass is 9.91. The first-order valence-electron chi connectivity index (χ1n) is 9.62. The molecule has 0 bridgehead atoms. The normalized spacial score (nSPS) is 10.3. The third kappa shape index (κ3) is 5.00. The van der Waals surface area contributed by atoms with Gasteiger partial charge in [-0.1, -0.05) is 13.5 Å². The zero-order chi connectivity index (χ0) is 22.3. The predicted molar refractivity (Wildman–Crippen MR) is 116 cm³/mol. The Morgan fingerprint density at radius 1 is 0.800 bits per heavy atom. The van der Waals surface area contributed by atoms with E-state index in [0.29, 0.717) is 51.7 Å². The maximum absolute atomic E-state index is 13.4. The van der Waals surface area contributed by atoms with E-state index in [2.05, 4.69) is 6.58 Å². The van der Waals surface area contributed by atoms with Crippen LogP contribution < -0.4 is 18.9 Å². The Balaban J connectivity index is 2.57. The average molecular weight is 412 g/mol. The molecule has 0 aliphatic heterocycles. The fraction of sp³-hybridized carbons (Fsp3) is 0.333. The van der Waals surface area contributed by atoms with Crippen molar-refractivity contribution >= 4 is 17.1 Å². The predicted octanol–water partition coefficient (Wildman–Crippen LogP) is 4.72. The molecule has 30 heavy (non-hydrogen) atoms. The minimum atomic E-state index is -0.254. The minimum absolute atomic E-state index is 0.0711. The van der Waals surface area contributed by atoms with Gasteiger partial charge in [0.15, 0.2) is 28.8 Å². The summed E-state index contributed by atoms with van der Waals surface area (Å²) in [5.41, 5.74) is 1.89. The standard InChI is InChI=1S/C24H28O6/c1-7-8-17(25)11-15(2)18-13-22(29-5)23(30-6)14-19(18)24(26)16-9-10-20(27-3)21(12-16)28-4/h9-10,12-14H,2,7-8,11H2,1,3-6H3. The molecular formula is C24H28O6. The van der Waals surface area contributed by atoms with Gasteiger partial charge in [-0.3, -0.25) is 9.59 Å². The van der Waals surface area contributed by atoms with E-state index in [1.165, 1.54) is 28.4 Å². The van der Waals surface area contributed by atoms with E-state index in [1.54, 1.807) is 30.3 Å². The smallest absolute Gasteiger partial charge is 0.193 e. The van der Waals surface area contributed by atoms with E-state index in [-0.39, 0.29) is 18.0 Å². The van der Waals surface area contributed by atoms with Gasteiger partial charge in [-0.05, 0) is 47.9 Å². The molecule has 0 saturated carbocycles. The Bertz CT molecular complexity index is 945. The van der Waals surface area contributed by atoms with Gasteiger partial charge in [-0.25, -0.2) is 0 Å². The van der Waals surface area contributed by atoms with Crippen LogP contribution in [0.25, 0.3) is 5.57 Å². The molecule has 0 heterocycles. The molecule has 2 aromatic rings. The second-order valence-electron chi connectivity index (χ2n) is 6.72. The largest absolute Gasteiger partial charge is 0.493 e. The molecule has 2 aromatic carbocycles. The van der Waals surface area contributed by atoms with Gasteiger partial charge in [0.2, 0.25) is 0 Å². The third-order valence-electron chi connectivity index (χ3n) is 4.73. The summed E-state index contributed by atoms with van der Waals surface area (Å²) < 4.78 is 21.3. The van der Waals surface area contributed by atoms with E-state index in [0.717, 1.165) is 6.42 Å². The highest BCUT2D eigenvalue weighted by Crippen LogP contribution is 2.36. The summed E-state index contributed by atoms with van der Waals surface area (Å²) in [6.07, 6.45) is 1.39. The van der Waals surface area contributed by atoms with Crippen LogP contribution in [0.15, 0.2) is 36.9 Å². The van der Waals surface area contributed by atoms with E-state index in [4.69, 9.17) is 18.9 Å². The van der Waals surface area contributed by atoms with Crippen molar-refractivity contribution in [2.45, 2.75) is 26.2 Å². The van der Waals surface area contributed by atoms with Gasteiger partial charge >= 0.3 is 0 Å². The molecule has 0 aromatic heterocycles. The summed E-state index contributed by atoms with van der Waals surface area (Å²) in [5.74, 6) is 1.66. The highest BCUT2D eigenvalue weighted by Gasteiger charge is 2.22. The van der Waals surface area contributed by atoms with Crippen LogP contribution in [0.4, 0.5) is 0 Å². The van der Waals surface area contributed by atoms with Crippen LogP contribution in [0.5, 0.6) is 23.0 Å². The average Bonchev–Trinajstić information content (AvgIpc) is 2.77. The Morgan fingerprint density at radius 2 is 1.33 bits per heavy atom. The number of carbonyl (C=O) groups excluding carboxylic acids is 2. The number of benzene rings is 2. The zero-order valence-electron chi connectivity index (χ0n) is 18.2. The summed E-state index contributed by atoms with van der Waals surface area (Å²) in [7, 11) is 6.06. The zero-order valence-corrected chi connectivity index (χ0v) is 18.2. The molecule has 0 spiro atoms. The number of methoxy groups -OCH3 is 4. The van der Waals surface area contributed by atoms with Crippen molar-refractivity contribution < 1.29 is 28.5 Å².